The van der Waals surface area contributed by atoms with E-state index in [2.05, 4.69) is 4.98 Å². The predicted octanol–water partition coefficient (Wildman–Crippen LogP) is 0.953. The van der Waals surface area contributed by atoms with E-state index < -0.39 is 16.5 Å². The molecule has 100 valence electrons. The van der Waals surface area contributed by atoms with Crippen molar-refractivity contribution in [2.24, 2.45) is 0 Å². The maximum atomic E-state index is 8.70. The van der Waals surface area contributed by atoms with Crippen LogP contribution >= 0.6 is 16.5 Å². The van der Waals surface area contributed by atoms with Gasteiger partial charge in [0.1, 0.15) is 0 Å². The van der Waals surface area contributed by atoms with Gasteiger partial charge in [-0.3, -0.25) is 4.98 Å². The lowest BCUT2D eigenvalue weighted by Crippen LogP contribution is -1.80. The molecule has 0 unspecified atom stereocenters. The number of hydrogen-bond acceptors (Lipinski definition) is 4. The summed E-state index contributed by atoms with van der Waals surface area (Å²) in [6.07, 6.45) is 6.97. The lowest BCUT2D eigenvalue weighted by atomic mass is 10.2. The summed E-state index contributed by atoms with van der Waals surface area (Å²) in [7, 11) is -5.74. The maximum Gasteiger partial charge on any atom is 0.692 e. The van der Waals surface area contributed by atoms with Crippen LogP contribution in [0.3, 0.4) is 0 Å². The van der Waals surface area contributed by atoms with Crippen LogP contribution in [0, 0.1) is 0 Å². The molecule has 0 amide bonds. The first-order valence-corrected chi connectivity index (χ1v) is 6.61. The van der Waals surface area contributed by atoms with Gasteiger partial charge in [-0.05, 0) is 24.1 Å². The Morgan fingerprint density at radius 3 is 2.00 bits per heavy atom. The summed E-state index contributed by atoms with van der Waals surface area (Å²) in [6, 6.07) is 3.84. The number of nitrogens with zero attached hydrogens (tertiary/aromatic N) is 1. The third kappa shape index (κ3) is 24.1. The monoisotopic (exact) mass is 297 g/mol. The van der Waals surface area contributed by atoms with E-state index >= 15 is 0 Å². The molecule has 8 nitrogen and oxygen atoms in total. The Hall–Kier alpha value is -1.27. The molecule has 0 bridgehead atoms. The van der Waals surface area contributed by atoms with E-state index in [0.29, 0.717) is 0 Å². The summed E-state index contributed by atoms with van der Waals surface area (Å²) in [5.74, 6) is 0. The van der Waals surface area contributed by atoms with Gasteiger partial charge in [-0.1, -0.05) is 6.07 Å². The molecule has 0 atom stereocenters. The Kier molecular flexibility index (Phi) is 14.6. The number of pyridine rings is 1. The Labute approximate surface area is 105 Å². The molecular weight excluding hydrogens is 284 g/mol. The molecule has 0 spiro atoms. The van der Waals surface area contributed by atoms with Crippen molar-refractivity contribution >= 4 is 16.5 Å². The number of rotatable bonds is 2. The van der Waals surface area contributed by atoms with Crippen molar-refractivity contribution in [3.63, 3.8) is 0 Å². The second-order valence-electron chi connectivity index (χ2n) is 2.46. The van der Waals surface area contributed by atoms with Crippen molar-refractivity contribution in [2.45, 2.75) is 6.42 Å². The number of aromatic nitrogens is 1. The molecule has 18 heavy (non-hydrogen) atoms. The number of allylic oxidation sites excluding steroid dienone is 1. The van der Waals surface area contributed by atoms with E-state index in [1.165, 1.54) is 0 Å². The standard InChI is InChI=1S/C8H9NO.2HO3P/c10-6-2-4-8-3-1-5-9-7-8;2*1-4(2)3/h1-3,5-7,10H,4H2;2*(H-,1,2,3)/p+2. The molecule has 0 aliphatic heterocycles. The lowest BCUT2D eigenvalue weighted by Gasteiger charge is -1.90. The van der Waals surface area contributed by atoms with Crippen LogP contribution in [0.1, 0.15) is 5.56 Å². The average molecular weight is 297 g/mol. The van der Waals surface area contributed by atoms with Gasteiger partial charge in [0.25, 0.3) is 0 Å². The maximum absolute atomic E-state index is 8.70. The van der Waals surface area contributed by atoms with Crippen LogP contribution in [0.2, 0.25) is 0 Å². The molecule has 0 aliphatic rings. The van der Waals surface area contributed by atoms with Crippen LogP contribution in [0.4, 0.5) is 0 Å². The van der Waals surface area contributed by atoms with Gasteiger partial charge in [0.05, 0.1) is 6.26 Å². The van der Waals surface area contributed by atoms with Gasteiger partial charge in [-0.15, -0.1) is 19.6 Å². The summed E-state index contributed by atoms with van der Waals surface area (Å²) >= 11 is 0. The molecule has 1 rings (SSSR count). The number of aliphatic hydroxyl groups excluding tert-OH is 1. The summed E-state index contributed by atoms with van der Waals surface area (Å²) in [4.78, 5) is 32.4. The third-order valence-corrected chi connectivity index (χ3v) is 1.18. The summed E-state index contributed by atoms with van der Waals surface area (Å²) < 4.78 is 17.4. The van der Waals surface area contributed by atoms with E-state index in [0.717, 1.165) is 18.2 Å². The Morgan fingerprint density at radius 1 is 1.17 bits per heavy atom. The molecule has 0 saturated heterocycles. The smallest absolute Gasteiger partial charge is 0.516 e. The quantitative estimate of drug-likeness (QED) is 0.400. The van der Waals surface area contributed by atoms with E-state index in [1.807, 2.05) is 12.1 Å². The van der Waals surface area contributed by atoms with Gasteiger partial charge < -0.3 is 5.11 Å². The Bertz CT molecular complexity index is 351. The molecule has 0 aromatic carbocycles. The number of hydrogen-bond donors (Lipinski definition) is 5. The SMILES string of the molecule is O=[P+](O)O.O=[P+](O)O.OC=CCc1cccnc1. The zero-order valence-electron chi connectivity index (χ0n) is 9.07. The minimum atomic E-state index is -2.87. The van der Waals surface area contributed by atoms with E-state index in [1.54, 1.807) is 18.5 Å². The van der Waals surface area contributed by atoms with E-state index in [4.69, 9.17) is 33.8 Å². The van der Waals surface area contributed by atoms with Crippen molar-refractivity contribution in [2.75, 3.05) is 0 Å². The Morgan fingerprint density at radius 2 is 1.67 bits per heavy atom. The first kappa shape index (κ1) is 19.1. The van der Waals surface area contributed by atoms with Crippen molar-refractivity contribution in [1.82, 2.24) is 4.98 Å². The van der Waals surface area contributed by atoms with Crippen molar-refractivity contribution in [3.8, 4) is 0 Å². The predicted molar refractivity (Wildman–Crippen MR) is 63.8 cm³/mol. The molecule has 1 heterocycles. The molecule has 0 saturated carbocycles. The Balaban J connectivity index is 0. The largest absolute Gasteiger partial charge is 0.692 e. The normalized spacial score (nSPS) is 8.67. The molecule has 1 aromatic heterocycles. The van der Waals surface area contributed by atoms with Gasteiger partial charge in [0, 0.05) is 21.5 Å². The molecule has 0 radical (unpaired) electrons. The van der Waals surface area contributed by atoms with Crippen LogP contribution in [-0.2, 0) is 15.6 Å². The van der Waals surface area contributed by atoms with Crippen molar-refractivity contribution in [1.29, 1.82) is 0 Å². The number of aliphatic hydroxyl groups is 1. The van der Waals surface area contributed by atoms with E-state index in [9.17, 15) is 0 Å². The minimum absolute atomic E-state index is 0.740. The highest BCUT2D eigenvalue weighted by Crippen LogP contribution is 1.99. The van der Waals surface area contributed by atoms with Gasteiger partial charge >= 0.3 is 16.5 Å². The minimum Gasteiger partial charge on any atom is -0.516 e. The van der Waals surface area contributed by atoms with Crippen LogP contribution in [-0.4, -0.2) is 29.7 Å². The molecule has 5 N–H and O–H groups in total. The highest BCUT2D eigenvalue weighted by Gasteiger charge is 1.93. The highest BCUT2D eigenvalue weighted by molar-refractivity contribution is 7.31. The zero-order valence-corrected chi connectivity index (χ0v) is 10.9. The fourth-order valence-corrected chi connectivity index (χ4v) is 0.708. The molecule has 10 heteroatoms. The molecule has 0 fully saturated rings. The van der Waals surface area contributed by atoms with Crippen molar-refractivity contribution in [3.05, 3.63) is 42.4 Å². The van der Waals surface area contributed by atoms with Gasteiger partial charge in [-0.2, -0.15) is 0 Å². The van der Waals surface area contributed by atoms with Crippen LogP contribution in [0.15, 0.2) is 36.9 Å². The zero-order chi connectivity index (χ0) is 14.4. The molecular formula is C8H13NO7P2+2. The van der Waals surface area contributed by atoms with Crippen LogP contribution in [0.25, 0.3) is 0 Å². The van der Waals surface area contributed by atoms with Crippen LogP contribution in [0.5, 0.6) is 0 Å². The fraction of sp³-hybridized carbons (Fsp3) is 0.125. The third-order valence-electron chi connectivity index (χ3n) is 1.18. The summed E-state index contributed by atoms with van der Waals surface area (Å²) in [6.45, 7) is 0. The van der Waals surface area contributed by atoms with Gasteiger partial charge in [0.15, 0.2) is 0 Å². The average Bonchev–Trinajstić information content (AvgIpc) is 2.26. The first-order valence-electron chi connectivity index (χ1n) is 4.28. The topological polar surface area (TPSA) is 148 Å². The van der Waals surface area contributed by atoms with Gasteiger partial charge in [-0.25, -0.2) is 0 Å². The van der Waals surface area contributed by atoms with Crippen molar-refractivity contribution < 1.29 is 33.8 Å². The second-order valence-corrected chi connectivity index (χ2v) is 3.47. The first-order chi connectivity index (χ1) is 8.40. The van der Waals surface area contributed by atoms with E-state index in [-0.39, 0.29) is 0 Å². The molecule has 1 aromatic rings. The second kappa shape index (κ2) is 13.8. The summed E-state index contributed by atoms with van der Waals surface area (Å²) in [5.41, 5.74) is 1.10. The summed E-state index contributed by atoms with van der Waals surface area (Å²) in [5, 5.41) is 8.33. The lowest BCUT2D eigenvalue weighted by molar-refractivity contribution is 0.403. The van der Waals surface area contributed by atoms with Gasteiger partial charge in [0.2, 0.25) is 0 Å². The fourth-order valence-electron chi connectivity index (χ4n) is 0.708. The molecule has 0 aliphatic carbocycles. The van der Waals surface area contributed by atoms with Crippen LogP contribution < -0.4 is 0 Å². The highest BCUT2D eigenvalue weighted by atomic mass is 31.1.